The van der Waals surface area contributed by atoms with E-state index in [-0.39, 0.29) is 11.8 Å². The molecule has 4 rings (SSSR count). The summed E-state index contributed by atoms with van der Waals surface area (Å²) in [7, 11) is 3.44. The third-order valence-electron chi connectivity index (χ3n) is 4.44. The zero-order chi connectivity index (χ0) is 21.7. The zero-order valence-corrected chi connectivity index (χ0v) is 18.9. The maximum atomic E-state index is 9.42. The van der Waals surface area contributed by atoms with Gasteiger partial charge in [0, 0.05) is 47.1 Å². The average Bonchev–Trinajstić information content (AvgIpc) is 3.29. The van der Waals surface area contributed by atoms with Gasteiger partial charge in [-0.2, -0.15) is 10.2 Å². The second kappa shape index (κ2) is 9.77. The van der Waals surface area contributed by atoms with Crippen LogP contribution in [0, 0.1) is 0 Å². The molecule has 156 valence electrons. The highest BCUT2D eigenvalue weighted by molar-refractivity contribution is 7.98. The minimum Gasteiger partial charge on any atom is -0.493 e. The second-order valence-electron chi connectivity index (χ2n) is 6.49. The number of benzene rings is 2. The Balaban J connectivity index is 0.000000171. The monoisotopic (exact) mass is 440 g/mol. The van der Waals surface area contributed by atoms with E-state index in [1.807, 2.05) is 36.8 Å². The molecule has 0 aliphatic rings. The van der Waals surface area contributed by atoms with Gasteiger partial charge < -0.3 is 10.2 Å². The highest BCUT2D eigenvalue weighted by Crippen LogP contribution is 2.26. The van der Waals surface area contributed by atoms with Crippen LogP contribution in [-0.2, 0) is 14.1 Å². The van der Waals surface area contributed by atoms with E-state index < -0.39 is 0 Å². The average molecular weight is 441 g/mol. The lowest BCUT2D eigenvalue weighted by Gasteiger charge is -1.99. The fourth-order valence-electron chi connectivity index (χ4n) is 2.76. The van der Waals surface area contributed by atoms with Crippen molar-refractivity contribution in [2.45, 2.75) is 9.79 Å². The van der Waals surface area contributed by atoms with Gasteiger partial charge in [-0.1, -0.05) is 24.3 Å². The number of rotatable bonds is 4. The molecule has 0 fully saturated rings. The second-order valence-corrected chi connectivity index (χ2v) is 8.25. The van der Waals surface area contributed by atoms with E-state index >= 15 is 0 Å². The molecule has 0 spiro atoms. The topological polar surface area (TPSA) is 76.1 Å². The molecule has 8 heteroatoms. The molecule has 0 unspecified atom stereocenters. The van der Waals surface area contributed by atoms with Crippen LogP contribution in [0.4, 0.5) is 0 Å². The molecular formula is C22H24N4O2S2. The first-order valence-corrected chi connectivity index (χ1v) is 11.6. The maximum Gasteiger partial charge on any atom is 0.209 e. The summed E-state index contributed by atoms with van der Waals surface area (Å²) in [5, 5.41) is 27.3. The summed E-state index contributed by atoms with van der Waals surface area (Å²) in [6, 6.07) is 19.5. The minimum absolute atomic E-state index is 0.180. The Morgan fingerprint density at radius 1 is 0.667 bits per heavy atom. The molecule has 0 aliphatic carbocycles. The molecule has 30 heavy (non-hydrogen) atoms. The largest absolute Gasteiger partial charge is 0.493 e. The van der Waals surface area contributed by atoms with E-state index in [2.05, 4.69) is 34.5 Å². The highest BCUT2D eigenvalue weighted by Gasteiger charge is 2.07. The Hall–Kier alpha value is -2.84. The van der Waals surface area contributed by atoms with Crippen molar-refractivity contribution in [2.24, 2.45) is 14.1 Å². The Morgan fingerprint density at radius 3 is 1.37 bits per heavy atom. The summed E-state index contributed by atoms with van der Waals surface area (Å²) < 4.78 is 2.92. The number of hydrogen-bond donors (Lipinski definition) is 2. The number of aryl methyl sites for hydroxylation is 2. The van der Waals surface area contributed by atoms with Crippen LogP contribution in [0.25, 0.3) is 22.5 Å². The van der Waals surface area contributed by atoms with E-state index in [4.69, 9.17) is 0 Å². The van der Waals surface area contributed by atoms with Crippen molar-refractivity contribution >= 4 is 23.5 Å². The van der Waals surface area contributed by atoms with E-state index in [1.54, 1.807) is 49.8 Å². The smallest absolute Gasteiger partial charge is 0.209 e. The van der Waals surface area contributed by atoms with Gasteiger partial charge in [0.1, 0.15) is 0 Å². The van der Waals surface area contributed by atoms with Gasteiger partial charge in [-0.25, -0.2) is 9.36 Å². The van der Waals surface area contributed by atoms with Crippen molar-refractivity contribution in [3.8, 4) is 34.3 Å². The van der Waals surface area contributed by atoms with Gasteiger partial charge in [-0.15, -0.1) is 23.5 Å². The molecule has 2 aromatic heterocycles. The molecule has 6 nitrogen and oxygen atoms in total. The molecule has 2 aromatic carbocycles. The van der Waals surface area contributed by atoms with E-state index in [0.29, 0.717) is 0 Å². The molecule has 0 radical (unpaired) electrons. The van der Waals surface area contributed by atoms with Gasteiger partial charge in [0.15, 0.2) is 0 Å². The summed E-state index contributed by atoms with van der Waals surface area (Å²) in [4.78, 5) is 2.38. The van der Waals surface area contributed by atoms with Crippen molar-refractivity contribution < 1.29 is 10.2 Å². The van der Waals surface area contributed by atoms with Gasteiger partial charge in [0.2, 0.25) is 11.8 Å². The minimum atomic E-state index is 0.180. The molecule has 0 bridgehead atoms. The summed E-state index contributed by atoms with van der Waals surface area (Å²) >= 11 is 3.38. The normalized spacial score (nSPS) is 10.5. The summed E-state index contributed by atoms with van der Waals surface area (Å²) in [5.74, 6) is 0.360. The van der Waals surface area contributed by atoms with E-state index in [0.717, 1.165) is 22.5 Å². The van der Waals surface area contributed by atoms with Crippen molar-refractivity contribution in [2.75, 3.05) is 12.5 Å². The van der Waals surface area contributed by atoms with Crippen molar-refractivity contribution in [1.82, 2.24) is 19.6 Å². The van der Waals surface area contributed by atoms with Crippen LogP contribution in [-0.4, -0.2) is 42.3 Å². The lowest BCUT2D eigenvalue weighted by atomic mass is 10.2. The van der Waals surface area contributed by atoms with Crippen molar-refractivity contribution in [3.63, 3.8) is 0 Å². The van der Waals surface area contributed by atoms with Gasteiger partial charge in [0.05, 0.1) is 11.4 Å². The third kappa shape index (κ3) is 5.20. The molecule has 0 atom stereocenters. The first-order chi connectivity index (χ1) is 14.4. The fraction of sp³-hybridized carbons (Fsp3) is 0.182. The predicted molar refractivity (Wildman–Crippen MR) is 124 cm³/mol. The highest BCUT2D eigenvalue weighted by atomic mass is 32.2. The van der Waals surface area contributed by atoms with Crippen LogP contribution in [0.3, 0.4) is 0 Å². The molecular weight excluding hydrogens is 416 g/mol. The third-order valence-corrected chi connectivity index (χ3v) is 5.89. The van der Waals surface area contributed by atoms with Crippen molar-refractivity contribution in [3.05, 3.63) is 60.7 Å². The van der Waals surface area contributed by atoms with Crippen LogP contribution in [0.5, 0.6) is 11.8 Å². The molecule has 0 amide bonds. The molecule has 2 heterocycles. The Bertz CT molecular complexity index is 1010. The van der Waals surface area contributed by atoms with Gasteiger partial charge in [-0.05, 0) is 36.8 Å². The van der Waals surface area contributed by atoms with Gasteiger partial charge >= 0.3 is 0 Å². The molecule has 2 N–H and O–H groups in total. The van der Waals surface area contributed by atoms with E-state index in [9.17, 15) is 10.2 Å². The number of hydrogen-bond acceptors (Lipinski definition) is 6. The molecule has 0 aliphatic heterocycles. The van der Waals surface area contributed by atoms with Crippen LogP contribution in [0.2, 0.25) is 0 Å². The summed E-state index contributed by atoms with van der Waals surface area (Å²) in [6.45, 7) is 0. The van der Waals surface area contributed by atoms with Crippen LogP contribution in [0.15, 0.2) is 70.5 Å². The first kappa shape index (κ1) is 21.9. The van der Waals surface area contributed by atoms with Crippen LogP contribution < -0.4 is 0 Å². The quantitative estimate of drug-likeness (QED) is 0.434. The first-order valence-electron chi connectivity index (χ1n) is 9.16. The standard InChI is InChI=1S/2C11H12N2OS/c2*1-13-11(14)7-10(12-13)8-4-3-5-9(6-8)15-2/h2*3-7,14H,1-2H3. The molecule has 0 saturated heterocycles. The fourth-order valence-corrected chi connectivity index (χ4v) is 3.68. The predicted octanol–water partition coefficient (Wildman–Crippen LogP) is 5.03. The molecule has 0 saturated carbocycles. The van der Waals surface area contributed by atoms with E-state index in [1.165, 1.54) is 19.2 Å². The number of aromatic nitrogens is 4. The number of thioether (sulfide) groups is 2. The van der Waals surface area contributed by atoms with Crippen LogP contribution in [0.1, 0.15) is 0 Å². The number of nitrogens with zero attached hydrogens (tertiary/aromatic N) is 4. The summed E-state index contributed by atoms with van der Waals surface area (Å²) in [6.07, 6.45) is 4.07. The Morgan fingerprint density at radius 2 is 1.07 bits per heavy atom. The van der Waals surface area contributed by atoms with Crippen LogP contribution >= 0.6 is 23.5 Å². The van der Waals surface area contributed by atoms with Gasteiger partial charge in [-0.3, -0.25) is 0 Å². The Kier molecular flexibility index (Phi) is 7.12. The lowest BCUT2D eigenvalue weighted by molar-refractivity contribution is 0.419. The zero-order valence-electron chi connectivity index (χ0n) is 17.3. The Labute approximate surface area is 184 Å². The van der Waals surface area contributed by atoms with Gasteiger partial charge in [0.25, 0.3) is 0 Å². The SMILES string of the molecule is CSc1cccc(-c2cc(O)n(C)n2)c1.CSc1cccc(-c2cc(O)n(C)n2)c1. The maximum absolute atomic E-state index is 9.42. The van der Waals surface area contributed by atoms with Crippen molar-refractivity contribution in [1.29, 1.82) is 0 Å². The number of aromatic hydroxyl groups is 2. The summed E-state index contributed by atoms with van der Waals surface area (Å²) in [5.41, 5.74) is 3.65. The molecule has 4 aromatic rings. The lowest BCUT2D eigenvalue weighted by Crippen LogP contribution is -1.89.